The molecule has 130 valence electrons. The van der Waals surface area contributed by atoms with Crippen LogP contribution in [-0.2, 0) is 4.79 Å². The predicted octanol–water partition coefficient (Wildman–Crippen LogP) is 3.14. The monoisotopic (exact) mass is 359 g/mol. The molecule has 2 rings (SSSR count). The van der Waals surface area contributed by atoms with Gasteiger partial charge in [0.05, 0.1) is 12.6 Å². The molecule has 1 fully saturated rings. The Morgan fingerprint density at radius 1 is 1.39 bits per heavy atom. The van der Waals surface area contributed by atoms with Crippen LogP contribution in [0.25, 0.3) is 0 Å². The van der Waals surface area contributed by atoms with E-state index < -0.39 is 0 Å². The second-order valence-electron chi connectivity index (χ2n) is 6.20. The van der Waals surface area contributed by atoms with Crippen LogP contribution in [0.2, 0.25) is 5.02 Å². The van der Waals surface area contributed by atoms with Gasteiger partial charge in [0.15, 0.2) is 0 Å². The second kappa shape index (κ2) is 9.48. The zero-order valence-electron chi connectivity index (χ0n) is 13.8. The van der Waals surface area contributed by atoms with E-state index in [2.05, 4.69) is 10.2 Å². The summed E-state index contributed by atoms with van der Waals surface area (Å²) in [5.41, 5.74) is 7.00. The van der Waals surface area contributed by atoms with Crippen LogP contribution >= 0.6 is 24.0 Å². The van der Waals surface area contributed by atoms with Crippen LogP contribution in [0.15, 0.2) is 24.3 Å². The number of carbonyl (C=O) groups excluding carboxylic acids is 1. The molecule has 0 spiro atoms. The molecule has 1 aliphatic rings. The average Bonchev–Trinajstić information content (AvgIpc) is 2.47. The van der Waals surface area contributed by atoms with E-state index in [1.54, 1.807) is 0 Å². The van der Waals surface area contributed by atoms with E-state index in [1.165, 1.54) is 6.42 Å². The van der Waals surface area contributed by atoms with Crippen LogP contribution in [-0.4, -0.2) is 36.0 Å². The first-order chi connectivity index (χ1) is 10.5. The molecule has 0 aliphatic carbocycles. The maximum Gasteiger partial charge on any atom is 0.234 e. The Labute approximate surface area is 150 Å². The lowest BCUT2D eigenvalue weighted by Crippen LogP contribution is -2.52. The number of rotatable bonds is 5. The summed E-state index contributed by atoms with van der Waals surface area (Å²) in [4.78, 5) is 14.5. The molecule has 4 nitrogen and oxygen atoms in total. The summed E-state index contributed by atoms with van der Waals surface area (Å²) in [5, 5.41) is 3.72. The maximum atomic E-state index is 12.3. The molecule has 6 heteroatoms. The maximum absolute atomic E-state index is 12.3. The lowest BCUT2D eigenvalue weighted by molar-refractivity contribution is -0.123. The number of piperidine rings is 1. The topological polar surface area (TPSA) is 58.4 Å². The van der Waals surface area contributed by atoms with E-state index in [0.717, 1.165) is 24.9 Å². The molecule has 0 bridgehead atoms. The third kappa shape index (κ3) is 5.64. The highest BCUT2D eigenvalue weighted by atomic mass is 35.5. The van der Waals surface area contributed by atoms with Crippen molar-refractivity contribution in [1.82, 2.24) is 10.2 Å². The van der Waals surface area contributed by atoms with E-state index in [9.17, 15) is 4.79 Å². The van der Waals surface area contributed by atoms with Crippen molar-refractivity contribution in [3.63, 3.8) is 0 Å². The smallest absolute Gasteiger partial charge is 0.234 e. The van der Waals surface area contributed by atoms with E-state index in [1.807, 2.05) is 38.1 Å². The van der Waals surface area contributed by atoms with Crippen LogP contribution in [0.3, 0.4) is 0 Å². The summed E-state index contributed by atoms with van der Waals surface area (Å²) < 4.78 is 0. The molecular weight excluding hydrogens is 333 g/mol. The molecule has 1 aliphatic heterocycles. The van der Waals surface area contributed by atoms with Crippen molar-refractivity contribution in [3.8, 4) is 0 Å². The Morgan fingerprint density at radius 2 is 2.09 bits per heavy atom. The van der Waals surface area contributed by atoms with Crippen molar-refractivity contribution in [1.29, 1.82) is 0 Å². The van der Waals surface area contributed by atoms with E-state index >= 15 is 0 Å². The average molecular weight is 360 g/mol. The SMILES string of the molecule is CC(NC(=O)CN1CCCCC1C(C)N)c1ccccc1Cl.Cl. The number of nitrogens with zero attached hydrogens (tertiary/aromatic N) is 1. The van der Waals surface area contributed by atoms with Crippen molar-refractivity contribution in [2.45, 2.75) is 51.2 Å². The molecule has 23 heavy (non-hydrogen) atoms. The minimum atomic E-state index is -0.0975. The van der Waals surface area contributed by atoms with Crippen LogP contribution in [0.4, 0.5) is 0 Å². The fourth-order valence-electron chi connectivity index (χ4n) is 3.18. The summed E-state index contributed by atoms with van der Waals surface area (Å²) in [6.07, 6.45) is 3.40. The first-order valence-electron chi connectivity index (χ1n) is 8.02. The molecule has 3 atom stereocenters. The second-order valence-corrected chi connectivity index (χ2v) is 6.61. The van der Waals surface area contributed by atoms with E-state index in [0.29, 0.717) is 17.6 Å². The zero-order valence-corrected chi connectivity index (χ0v) is 15.4. The van der Waals surface area contributed by atoms with Gasteiger partial charge in [-0.3, -0.25) is 9.69 Å². The van der Waals surface area contributed by atoms with Crippen LogP contribution in [0, 0.1) is 0 Å². The van der Waals surface area contributed by atoms with Crippen molar-refractivity contribution >= 4 is 29.9 Å². The zero-order chi connectivity index (χ0) is 16.1. The molecule has 0 aromatic heterocycles. The van der Waals surface area contributed by atoms with E-state index in [-0.39, 0.29) is 30.4 Å². The number of halogens is 2. The highest BCUT2D eigenvalue weighted by Crippen LogP contribution is 2.22. The lowest BCUT2D eigenvalue weighted by atomic mass is 9.97. The molecule has 3 unspecified atom stereocenters. The van der Waals surface area contributed by atoms with Gasteiger partial charge >= 0.3 is 0 Å². The van der Waals surface area contributed by atoms with Gasteiger partial charge in [-0.1, -0.05) is 36.2 Å². The van der Waals surface area contributed by atoms with Crippen molar-refractivity contribution < 1.29 is 4.79 Å². The van der Waals surface area contributed by atoms with Gasteiger partial charge in [-0.25, -0.2) is 0 Å². The molecule has 3 N–H and O–H groups in total. The molecule has 0 saturated carbocycles. The molecular formula is C17H27Cl2N3O. The van der Waals surface area contributed by atoms with Gasteiger partial charge in [0.25, 0.3) is 0 Å². The Hall–Kier alpha value is -0.810. The molecule has 1 saturated heterocycles. The molecule has 1 aromatic carbocycles. The Morgan fingerprint density at radius 3 is 2.74 bits per heavy atom. The van der Waals surface area contributed by atoms with E-state index in [4.69, 9.17) is 17.3 Å². The van der Waals surface area contributed by atoms with Gasteiger partial charge in [-0.05, 0) is 44.9 Å². The summed E-state index contributed by atoms with van der Waals surface area (Å²) in [6.45, 7) is 5.33. The lowest BCUT2D eigenvalue weighted by Gasteiger charge is -2.37. The summed E-state index contributed by atoms with van der Waals surface area (Å²) >= 11 is 6.18. The molecule has 1 heterocycles. The Balaban J connectivity index is 0.00000264. The van der Waals surface area contributed by atoms with Gasteiger partial charge in [0.2, 0.25) is 5.91 Å². The fraction of sp³-hybridized carbons (Fsp3) is 0.588. The van der Waals surface area contributed by atoms with Gasteiger partial charge in [-0.2, -0.15) is 0 Å². The highest BCUT2D eigenvalue weighted by Gasteiger charge is 2.27. The number of likely N-dealkylation sites (tertiary alicyclic amines) is 1. The summed E-state index contributed by atoms with van der Waals surface area (Å²) in [5.74, 6) is 0.0277. The fourth-order valence-corrected chi connectivity index (χ4v) is 3.48. The predicted molar refractivity (Wildman–Crippen MR) is 98.1 cm³/mol. The largest absolute Gasteiger partial charge is 0.348 e. The third-order valence-electron chi connectivity index (χ3n) is 4.37. The molecule has 1 aromatic rings. The quantitative estimate of drug-likeness (QED) is 0.848. The number of nitrogens with two attached hydrogens (primary N) is 1. The van der Waals surface area contributed by atoms with Crippen molar-refractivity contribution in [3.05, 3.63) is 34.9 Å². The number of amides is 1. The Bertz CT molecular complexity index is 510. The van der Waals surface area contributed by atoms with Crippen molar-refractivity contribution in [2.75, 3.05) is 13.1 Å². The standard InChI is InChI=1S/C17H26ClN3O.ClH/c1-12(19)16-9-5-6-10-21(16)11-17(22)20-13(2)14-7-3-4-8-15(14)18;/h3-4,7-8,12-13,16H,5-6,9-11,19H2,1-2H3,(H,20,22);1H. The Kier molecular flexibility index (Phi) is 8.34. The number of hydrogen-bond donors (Lipinski definition) is 2. The van der Waals surface area contributed by atoms with Crippen LogP contribution in [0.1, 0.15) is 44.7 Å². The molecule has 1 amide bonds. The van der Waals surface area contributed by atoms with Crippen LogP contribution in [0.5, 0.6) is 0 Å². The minimum Gasteiger partial charge on any atom is -0.348 e. The first-order valence-corrected chi connectivity index (χ1v) is 8.40. The third-order valence-corrected chi connectivity index (χ3v) is 4.71. The minimum absolute atomic E-state index is 0. The first kappa shape index (κ1) is 20.2. The molecule has 0 radical (unpaired) electrons. The number of benzene rings is 1. The number of hydrogen-bond acceptors (Lipinski definition) is 3. The van der Waals surface area contributed by atoms with Gasteiger partial charge in [0, 0.05) is 17.1 Å². The van der Waals surface area contributed by atoms with Crippen molar-refractivity contribution in [2.24, 2.45) is 5.73 Å². The number of nitrogens with one attached hydrogen (secondary N) is 1. The summed E-state index contributed by atoms with van der Waals surface area (Å²) in [6, 6.07) is 7.90. The number of carbonyl (C=O) groups is 1. The van der Waals surface area contributed by atoms with Gasteiger partial charge in [0.1, 0.15) is 0 Å². The normalized spacial score (nSPS) is 21.1. The van der Waals surface area contributed by atoms with Crippen LogP contribution < -0.4 is 11.1 Å². The van der Waals surface area contributed by atoms with Gasteiger partial charge in [-0.15, -0.1) is 12.4 Å². The van der Waals surface area contributed by atoms with Gasteiger partial charge < -0.3 is 11.1 Å². The highest BCUT2D eigenvalue weighted by molar-refractivity contribution is 6.31. The summed E-state index contributed by atoms with van der Waals surface area (Å²) in [7, 11) is 0.